The van der Waals surface area contributed by atoms with Crippen molar-refractivity contribution >= 4 is 23.5 Å². The van der Waals surface area contributed by atoms with Crippen molar-refractivity contribution in [2.24, 2.45) is 0 Å². The minimum atomic E-state index is 0.303. The van der Waals surface area contributed by atoms with Gasteiger partial charge in [0.15, 0.2) is 11.3 Å². The Morgan fingerprint density at radius 2 is 2.21 bits per heavy atom. The van der Waals surface area contributed by atoms with E-state index in [4.69, 9.17) is 0 Å². The van der Waals surface area contributed by atoms with Crippen molar-refractivity contribution in [1.82, 2.24) is 15.2 Å². The van der Waals surface area contributed by atoms with Crippen LogP contribution in [0.25, 0.3) is 0 Å². The maximum absolute atomic E-state index is 11.3. The van der Waals surface area contributed by atoms with Gasteiger partial charge in [-0.3, -0.25) is 9.59 Å². The molecule has 1 aliphatic heterocycles. The first kappa shape index (κ1) is 15.8. The van der Waals surface area contributed by atoms with Crippen LogP contribution in [0.1, 0.15) is 33.9 Å². The fourth-order valence-corrected chi connectivity index (χ4v) is 2.37. The number of carbonyl (C=O) groups is 2. The van der Waals surface area contributed by atoms with Gasteiger partial charge in [-0.2, -0.15) is 0 Å². The molecule has 6 heteroatoms. The monoisotopic (exact) mass is 283 g/mol. The summed E-state index contributed by atoms with van der Waals surface area (Å²) in [5.41, 5.74) is 0. The molecule has 0 radical (unpaired) electrons. The van der Waals surface area contributed by atoms with Gasteiger partial charge >= 0.3 is 0 Å². The molecule has 0 aromatic carbocycles. The minimum absolute atomic E-state index is 0.303. The second-order valence-corrected chi connectivity index (χ2v) is 5.63. The summed E-state index contributed by atoms with van der Waals surface area (Å²) in [5, 5.41) is 3.53. The van der Waals surface area contributed by atoms with Gasteiger partial charge in [-0.25, -0.2) is 4.98 Å². The van der Waals surface area contributed by atoms with Gasteiger partial charge in [-0.05, 0) is 26.8 Å². The fraction of sp³-hybridized carbons (Fsp3) is 0.615. The van der Waals surface area contributed by atoms with Crippen molar-refractivity contribution in [3.05, 3.63) is 16.1 Å². The zero-order valence-electron chi connectivity index (χ0n) is 11.5. The highest BCUT2D eigenvalue weighted by molar-refractivity contribution is 7.13. The Labute approximate surface area is 118 Å². The number of aldehydes is 1. The van der Waals surface area contributed by atoms with Crippen molar-refractivity contribution in [3.63, 3.8) is 0 Å². The van der Waals surface area contributed by atoms with Crippen molar-refractivity contribution in [3.8, 4) is 0 Å². The molecule has 19 heavy (non-hydrogen) atoms. The average Bonchev–Trinajstić information content (AvgIpc) is 3.07. The summed E-state index contributed by atoms with van der Waals surface area (Å²) >= 11 is 1.41. The summed E-state index contributed by atoms with van der Waals surface area (Å²) in [7, 11) is 1.87. The Morgan fingerprint density at radius 3 is 2.63 bits per heavy atom. The second-order valence-electron chi connectivity index (χ2n) is 4.37. The predicted octanol–water partition coefficient (Wildman–Crippen LogP) is 1.48. The normalized spacial score (nSPS) is 13.9. The molecular formula is C13H21N3O2S. The number of aryl methyl sites for hydroxylation is 1. The molecule has 1 aromatic heterocycles. The number of nitrogens with zero attached hydrogens (tertiary/aromatic N) is 2. The third-order valence-corrected chi connectivity index (χ3v) is 3.63. The van der Waals surface area contributed by atoms with Gasteiger partial charge in [0.1, 0.15) is 0 Å². The lowest BCUT2D eigenvalue weighted by molar-refractivity contribution is -0.129. The number of rotatable bonds is 4. The van der Waals surface area contributed by atoms with Gasteiger partial charge in [0.25, 0.3) is 0 Å². The van der Waals surface area contributed by atoms with E-state index in [2.05, 4.69) is 10.3 Å². The van der Waals surface area contributed by atoms with Gasteiger partial charge < -0.3 is 10.2 Å². The van der Waals surface area contributed by atoms with Crippen LogP contribution in [0.2, 0.25) is 0 Å². The van der Waals surface area contributed by atoms with Crippen molar-refractivity contribution in [1.29, 1.82) is 0 Å². The summed E-state index contributed by atoms with van der Waals surface area (Å²) in [6.07, 6.45) is 5.47. The molecule has 2 heterocycles. The minimum Gasteiger partial charge on any atom is -0.343 e. The average molecular weight is 283 g/mol. The summed E-state index contributed by atoms with van der Waals surface area (Å²) in [5.74, 6) is 0.303. The van der Waals surface area contributed by atoms with E-state index in [1.165, 1.54) is 24.2 Å². The first-order valence-corrected chi connectivity index (χ1v) is 7.29. The Hall–Kier alpha value is -1.27. The van der Waals surface area contributed by atoms with E-state index in [1.54, 1.807) is 6.20 Å². The molecule has 0 aliphatic carbocycles. The number of hydrogen-bond acceptors (Lipinski definition) is 5. The maximum Gasteiger partial charge on any atom is 0.223 e. The molecule has 1 amide bonds. The van der Waals surface area contributed by atoms with Gasteiger partial charge in [0, 0.05) is 37.1 Å². The van der Waals surface area contributed by atoms with Crippen LogP contribution in [-0.4, -0.2) is 48.8 Å². The molecule has 0 unspecified atom stereocenters. The van der Waals surface area contributed by atoms with Gasteiger partial charge in [0.2, 0.25) is 5.91 Å². The number of thiazole rings is 1. The summed E-state index contributed by atoms with van der Waals surface area (Å²) in [6.45, 7) is 4.67. The molecule has 1 aliphatic rings. The second kappa shape index (κ2) is 8.77. The lowest BCUT2D eigenvalue weighted by Crippen LogP contribution is -2.29. The molecule has 0 atom stereocenters. The number of aromatic nitrogens is 1. The molecular weight excluding hydrogens is 262 g/mol. The maximum atomic E-state index is 11.3. The summed E-state index contributed by atoms with van der Waals surface area (Å²) < 4.78 is 0. The van der Waals surface area contributed by atoms with Gasteiger partial charge in [-0.15, -0.1) is 11.3 Å². The van der Waals surface area contributed by atoms with E-state index in [9.17, 15) is 9.59 Å². The van der Waals surface area contributed by atoms with E-state index in [1.807, 2.05) is 18.9 Å². The lowest BCUT2D eigenvalue weighted by atomic mass is 10.4. The molecule has 0 saturated carbocycles. The van der Waals surface area contributed by atoms with E-state index >= 15 is 0 Å². The van der Waals surface area contributed by atoms with Crippen LogP contribution in [0.4, 0.5) is 0 Å². The van der Waals surface area contributed by atoms with Crippen LogP contribution < -0.4 is 5.32 Å². The number of carbonyl (C=O) groups excluding carboxylic acids is 2. The Bertz CT molecular complexity index is 400. The van der Waals surface area contributed by atoms with E-state index in [0.29, 0.717) is 17.3 Å². The zero-order valence-corrected chi connectivity index (χ0v) is 12.3. The van der Waals surface area contributed by atoms with Crippen LogP contribution in [0.3, 0.4) is 0 Å². The van der Waals surface area contributed by atoms with E-state index in [-0.39, 0.29) is 0 Å². The first-order valence-electron chi connectivity index (χ1n) is 6.47. The standard InChI is InChI=1S/C8H16N2O.C5H5NOS/c1-9-5-4-8(11)10-6-2-3-7-10;1-4-2-6-5(3-7)8-4/h9H,2-7H2,1H3;2-3H,1H3. The SMILES string of the molecule is CNCCC(=O)N1CCCC1.Cc1cnc(C=O)s1. The highest BCUT2D eigenvalue weighted by atomic mass is 32.1. The lowest BCUT2D eigenvalue weighted by Gasteiger charge is -2.14. The van der Waals surface area contributed by atoms with Gasteiger partial charge in [-0.1, -0.05) is 0 Å². The third kappa shape index (κ3) is 5.94. The Morgan fingerprint density at radius 1 is 1.53 bits per heavy atom. The van der Waals surface area contributed by atoms with Crippen molar-refractivity contribution < 1.29 is 9.59 Å². The fourth-order valence-electron chi connectivity index (χ4n) is 1.78. The van der Waals surface area contributed by atoms with Crippen LogP contribution >= 0.6 is 11.3 Å². The van der Waals surface area contributed by atoms with E-state index < -0.39 is 0 Å². The summed E-state index contributed by atoms with van der Waals surface area (Å²) in [4.78, 5) is 28.1. The van der Waals surface area contributed by atoms with E-state index in [0.717, 1.165) is 30.8 Å². The molecule has 1 aromatic rings. The smallest absolute Gasteiger partial charge is 0.223 e. The largest absolute Gasteiger partial charge is 0.343 e. The Kier molecular flexibility index (Phi) is 7.28. The molecule has 5 nitrogen and oxygen atoms in total. The highest BCUT2D eigenvalue weighted by Gasteiger charge is 2.16. The predicted molar refractivity (Wildman–Crippen MR) is 76.6 cm³/mol. The van der Waals surface area contributed by atoms with Crippen LogP contribution in [-0.2, 0) is 4.79 Å². The molecule has 1 N–H and O–H groups in total. The topological polar surface area (TPSA) is 62.3 Å². The first-order chi connectivity index (χ1) is 9.17. The number of hydrogen-bond donors (Lipinski definition) is 1. The zero-order chi connectivity index (χ0) is 14.1. The molecule has 0 spiro atoms. The molecule has 0 bridgehead atoms. The van der Waals surface area contributed by atoms with Crippen molar-refractivity contribution in [2.45, 2.75) is 26.2 Å². The molecule has 1 saturated heterocycles. The highest BCUT2D eigenvalue weighted by Crippen LogP contribution is 2.08. The van der Waals surface area contributed by atoms with Crippen LogP contribution in [0, 0.1) is 6.92 Å². The quantitative estimate of drug-likeness (QED) is 0.850. The Balaban J connectivity index is 0.000000200. The molecule has 1 fully saturated rings. The van der Waals surface area contributed by atoms with Crippen molar-refractivity contribution in [2.75, 3.05) is 26.7 Å². The van der Waals surface area contributed by atoms with Crippen LogP contribution in [0.15, 0.2) is 6.20 Å². The van der Waals surface area contributed by atoms with Gasteiger partial charge in [0.05, 0.1) is 0 Å². The number of likely N-dealkylation sites (tertiary alicyclic amines) is 1. The number of amides is 1. The summed E-state index contributed by atoms with van der Waals surface area (Å²) in [6, 6.07) is 0. The third-order valence-electron chi connectivity index (χ3n) is 2.79. The molecule has 2 rings (SSSR count). The number of nitrogens with one attached hydrogen (secondary N) is 1. The molecule has 106 valence electrons. The van der Waals surface area contributed by atoms with Crippen LogP contribution in [0.5, 0.6) is 0 Å².